The summed E-state index contributed by atoms with van der Waals surface area (Å²) in [5.41, 5.74) is 1.72. The number of rotatable bonds is 6. The fraction of sp³-hybridized carbons (Fsp3) is 0.500. The van der Waals surface area contributed by atoms with Gasteiger partial charge >= 0.3 is 6.03 Å². The SMILES string of the molecule is COC(C)c1cccc(NC(=O)NCCC(C)O)c1. The quantitative estimate of drug-likeness (QED) is 0.740. The molecule has 0 aliphatic heterocycles. The summed E-state index contributed by atoms with van der Waals surface area (Å²) in [4.78, 5) is 11.6. The topological polar surface area (TPSA) is 70.6 Å². The second kappa shape index (κ2) is 7.76. The fourth-order valence-electron chi connectivity index (χ4n) is 1.58. The van der Waals surface area contributed by atoms with Crippen LogP contribution < -0.4 is 10.6 Å². The van der Waals surface area contributed by atoms with Crippen molar-refractivity contribution in [2.75, 3.05) is 19.0 Å². The molecule has 1 aromatic rings. The van der Waals surface area contributed by atoms with E-state index in [-0.39, 0.29) is 12.1 Å². The van der Waals surface area contributed by atoms with Crippen LogP contribution in [0.25, 0.3) is 0 Å². The van der Waals surface area contributed by atoms with Crippen LogP contribution in [-0.4, -0.2) is 30.9 Å². The predicted molar refractivity (Wildman–Crippen MR) is 75.2 cm³/mol. The minimum Gasteiger partial charge on any atom is -0.393 e. The van der Waals surface area contributed by atoms with Crippen molar-refractivity contribution >= 4 is 11.7 Å². The van der Waals surface area contributed by atoms with Crippen LogP contribution in [0.4, 0.5) is 10.5 Å². The Morgan fingerprint density at radius 2 is 2.16 bits per heavy atom. The molecule has 1 rings (SSSR count). The van der Waals surface area contributed by atoms with E-state index in [0.29, 0.717) is 13.0 Å². The summed E-state index contributed by atoms with van der Waals surface area (Å²) < 4.78 is 5.23. The van der Waals surface area contributed by atoms with Gasteiger partial charge in [0.15, 0.2) is 0 Å². The van der Waals surface area contributed by atoms with E-state index in [1.165, 1.54) is 0 Å². The highest BCUT2D eigenvalue weighted by Crippen LogP contribution is 2.19. The Balaban J connectivity index is 2.50. The summed E-state index contributed by atoms with van der Waals surface area (Å²) in [6.45, 7) is 4.08. The first-order valence-corrected chi connectivity index (χ1v) is 6.38. The maximum atomic E-state index is 11.6. The van der Waals surface area contributed by atoms with E-state index < -0.39 is 6.10 Å². The summed E-state index contributed by atoms with van der Waals surface area (Å²) >= 11 is 0. The smallest absolute Gasteiger partial charge is 0.319 e. The second-order valence-electron chi connectivity index (χ2n) is 4.52. The van der Waals surface area contributed by atoms with Crippen molar-refractivity contribution in [2.45, 2.75) is 32.5 Å². The maximum Gasteiger partial charge on any atom is 0.319 e. The molecule has 0 saturated carbocycles. The Hall–Kier alpha value is -1.59. The molecule has 0 fully saturated rings. The summed E-state index contributed by atoms with van der Waals surface area (Å²) in [7, 11) is 1.65. The molecule has 2 amide bonds. The first kappa shape index (κ1) is 15.5. The molecule has 0 radical (unpaired) electrons. The Labute approximate surface area is 114 Å². The molecule has 2 unspecified atom stereocenters. The number of carbonyl (C=O) groups is 1. The van der Waals surface area contributed by atoms with Gasteiger partial charge in [0.05, 0.1) is 12.2 Å². The van der Waals surface area contributed by atoms with E-state index in [0.717, 1.165) is 11.3 Å². The number of urea groups is 1. The van der Waals surface area contributed by atoms with Gasteiger partial charge in [0.25, 0.3) is 0 Å². The van der Waals surface area contributed by atoms with Gasteiger partial charge in [-0.1, -0.05) is 12.1 Å². The van der Waals surface area contributed by atoms with Gasteiger partial charge in [0.1, 0.15) is 0 Å². The lowest BCUT2D eigenvalue weighted by atomic mass is 10.1. The number of aliphatic hydroxyl groups is 1. The molecule has 5 nitrogen and oxygen atoms in total. The lowest BCUT2D eigenvalue weighted by Crippen LogP contribution is -2.30. The predicted octanol–water partition coefficient (Wildman–Crippen LogP) is 2.29. The van der Waals surface area contributed by atoms with Crippen LogP contribution in [0.2, 0.25) is 0 Å². The Morgan fingerprint density at radius 3 is 2.79 bits per heavy atom. The molecule has 0 spiro atoms. The maximum absolute atomic E-state index is 11.6. The molecular weight excluding hydrogens is 244 g/mol. The third-order valence-electron chi connectivity index (χ3n) is 2.82. The van der Waals surface area contributed by atoms with E-state index in [1.54, 1.807) is 14.0 Å². The van der Waals surface area contributed by atoms with Gasteiger partial charge in [0, 0.05) is 19.3 Å². The van der Waals surface area contributed by atoms with Crippen LogP contribution in [0, 0.1) is 0 Å². The van der Waals surface area contributed by atoms with E-state index >= 15 is 0 Å². The van der Waals surface area contributed by atoms with Crippen molar-refractivity contribution in [2.24, 2.45) is 0 Å². The van der Waals surface area contributed by atoms with Gasteiger partial charge < -0.3 is 20.5 Å². The molecule has 0 heterocycles. The van der Waals surface area contributed by atoms with Crippen molar-refractivity contribution in [1.82, 2.24) is 5.32 Å². The molecule has 2 atom stereocenters. The van der Waals surface area contributed by atoms with Crippen molar-refractivity contribution in [1.29, 1.82) is 0 Å². The highest BCUT2D eigenvalue weighted by atomic mass is 16.5. The average Bonchev–Trinajstić information content (AvgIpc) is 2.37. The zero-order chi connectivity index (χ0) is 14.3. The van der Waals surface area contributed by atoms with Crippen LogP contribution in [0.3, 0.4) is 0 Å². The van der Waals surface area contributed by atoms with Gasteiger partial charge in [0.2, 0.25) is 0 Å². The van der Waals surface area contributed by atoms with Crippen molar-refractivity contribution in [3.8, 4) is 0 Å². The molecular formula is C14H22N2O3. The average molecular weight is 266 g/mol. The number of hydrogen-bond donors (Lipinski definition) is 3. The lowest BCUT2D eigenvalue weighted by molar-refractivity contribution is 0.119. The standard InChI is InChI=1S/C14H22N2O3/c1-10(17)7-8-15-14(18)16-13-6-4-5-12(9-13)11(2)19-3/h4-6,9-11,17H,7-8H2,1-3H3,(H2,15,16,18). The largest absolute Gasteiger partial charge is 0.393 e. The Morgan fingerprint density at radius 1 is 1.42 bits per heavy atom. The normalized spacial score (nSPS) is 13.7. The van der Waals surface area contributed by atoms with Crippen LogP contribution in [0.1, 0.15) is 31.9 Å². The van der Waals surface area contributed by atoms with Crippen LogP contribution >= 0.6 is 0 Å². The zero-order valence-electron chi connectivity index (χ0n) is 11.6. The molecule has 0 aliphatic carbocycles. The third-order valence-corrected chi connectivity index (χ3v) is 2.82. The van der Waals surface area contributed by atoms with Crippen molar-refractivity contribution in [3.63, 3.8) is 0 Å². The number of ether oxygens (including phenoxy) is 1. The highest BCUT2D eigenvalue weighted by molar-refractivity contribution is 5.89. The minimum atomic E-state index is -0.411. The van der Waals surface area contributed by atoms with Gasteiger partial charge in [-0.25, -0.2) is 4.79 Å². The minimum absolute atomic E-state index is 0.0138. The van der Waals surface area contributed by atoms with E-state index in [9.17, 15) is 4.79 Å². The zero-order valence-corrected chi connectivity index (χ0v) is 11.6. The first-order valence-electron chi connectivity index (χ1n) is 6.38. The van der Waals surface area contributed by atoms with Gasteiger partial charge in [-0.3, -0.25) is 0 Å². The van der Waals surface area contributed by atoms with Gasteiger partial charge in [-0.15, -0.1) is 0 Å². The number of methoxy groups -OCH3 is 1. The molecule has 0 bridgehead atoms. The Kier molecular flexibility index (Phi) is 6.32. The monoisotopic (exact) mass is 266 g/mol. The Bertz CT molecular complexity index is 407. The number of aliphatic hydroxyl groups excluding tert-OH is 1. The molecule has 3 N–H and O–H groups in total. The van der Waals surface area contributed by atoms with E-state index in [2.05, 4.69) is 10.6 Å². The van der Waals surface area contributed by atoms with Crippen LogP contribution in [0.5, 0.6) is 0 Å². The highest BCUT2D eigenvalue weighted by Gasteiger charge is 2.06. The molecule has 0 aliphatic rings. The molecule has 5 heteroatoms. The molecule has 106 valence electrons. The molecule has 1 aromatic carbocycles. The number of anilines is 1. The van der Waals surface area contributed by atoms with Gasteiger partial charge in [-0.05, 0) is 38.0 Å². The second-order valence-corrected chi connectivity index (χ2v) is 4.52. The lowest BCUT2D eigenvalue weighted by Gasteiger charge is -2.12. The molecule has 19 heavy (non-hydrogen) atoms. The first-order chi connectivity index (χ1) is 9.02. The van der Waals surface area contributed by atoms with Crippen LogP contribution in [-0.2, 0) is 4.74 Å². The van der Waals surface area contributed by atoms with Crippen molar-refractivity contribution < 1.29 is 14.6 Å². The molecule has 0 aromatic heterocycles. The van der Waals surface area contributed by atoms with E-state index in [4.69, 9.17) is 9.84 Å². The van der Waals surface area contributed by atoms with E-state index in [1.807, 2.05) is 31.2 Å². The number of hydrogen-bond acceptors (Lipinski definition) is 3. The van der Waals surface area contributed by atoms with Crippen LogP contribution in [0.15, 0.2) is 24.3 Å². The summed E-state index contributed by atoms with van der Waals surface area (Å²) in [5.74, 6) is 0. The third kappa shape index (κ3) is 5.72. The number of carbonyl (C=O) groups excluding carboxylic acids is 1. The number of amides is 2. The number of nitrogens with one attached hydrogen (secondary N) is 2. The molecule has 0 saturated heterocycles. The fourth-order valence-corrected chi connectivity index (χ4v) is 1.58. The number of benzene rings is 1. The summed E-state index contributed by atoms with van der Waals surface area (Å²) in [5, 5.41) is 14.5. The summed E-state index contributed by atoms with van der Waals surface area (Å²) in [6, 6.07) is 7.24. The summed E-state index contributed by atoms with van der Waals surface area (Å²) in [6.07, 6.45) is 0.111. The van der Waals surface area contributed by atoms with Gasteiger partial charge in [-0.2, -0.15) is 0 Å². The van der Waals surface area contributed by atoms with Crippen molar-refractivity contribution in [3.05, 3.63) is 29.8 Å².